The molecule has 0 unspecified atom stereocenters. The quantitative estimate of drug-likeness (QED) is 0.240. The van der Waals surface area contributed by atoms with E-state index in [1.54, 1.807) is 0 Å². The summed E-state index contributed by atoms with van der Waals surface area (Å²) in [5, 5.41) is 19.7. The average Bonchev–Trinajstić information content (AvgIpc) is 2.19. The summed E-state index contributed by atoms with van der Waals surface area (Å²) in [5.41, 5.74) is 8.22. The Balaban J connectivity index is 2.83. The van der Waals surface area contributed by atoms with Crippen LogP contribution in [0.3, 0.4) is 0 Å². The zero-order valence-electron chi connectivity index (χ0n) is 6.81. The summed E-state index contributed by atoms with van der Waals surface area (Å²) < 4.78 is 0. The summed E-state index contributed by atoms with van der Waals surface area (Å²) in [6, 6.07) is 5.36. The van der Waals surface area contributed by atoms with Crippen molar-refractivity contribution in [1.29, 1.82) is 0 Å². The van der Waals surface area contributed by atoms with Crippen molar-refractivity contribution in [2.75, 3.05) is 0 Å². The van der Waals surface area contributed by atoms with Crippen molar-refractivity contribution in [3.05, 3.63) is 44.8 Å². The molecule has 0 N–H and O–H groups in total. The first-order valence-corrected chi connectivity index (χ1v) is 3.43. The highest BCUT2D eigenvalue weighted by Gasteiger charge is 2.03. The van der Waals surface area contributed by atoms with Crippen molar-refractivity contribution in [3.63, 3.8) is 0 Å². The second-order valence-corrected chi connectivity index (χ2v) is 2.14. The predicted octanol–water partition coefficient (Wildman–Crippen LogP) is 2.90. The molecule has 0 amide bonds. The van der Waals surface area contributed by atoms with Gasteiger partial charge in [-0.3, -0.25) is 10.1 Å². The molecule has 0 fully saturated rings. The second-order valence-electron chi connectivity index (χ2n) is 2.14. The standard InChI is InChI=1S/C6H4N6O2/c7-9-11-10-8-5-1-3-6(4-2-5)12(13)14/h1-4H. The highest BCUT2D eigenvalue weighted by atomic mass is 16.6. The van der Waals surface area contributed by atoms with Crippen LogP contribution in [0.25, 0.3) is 10.4 Å². The Bertz CT molecular complexity index is 405. The van der Waals surface area contributed by atoms with Crippen molar-refractivity contribution in [2.45, 2.75) is 0 Å². The van der Waals surface area contributed by atoms with Gasteiger partial charge in [-0.25, -0.2) is 0 Å². The van der Waals surface area contributed by atoms with Crippen molar-refractivity contribution in [3.8, 4) is 0 Å². The smallest absolute Gasteiger partial charge is 0.258 e. The molecule has 0 heterocycles. The monoisotopic (exact) mass is 192 g/mol. The number of non-ortho nitro benzene ring substituents is 1. The fourth-order valence-electron chi connectivity index (χ4n) is 0.731. The molecule has 0 aliphatic rings. The number of azide groups is 1. The molecule has 0 saturated carbocycles. The summed E-state index contributed by atoms with van der Waals surface area (Å²) >= 11 is 0. The molecule has 0 saturated heterocycles. The van der Waals surface area contributed by atoms with Crippen LogP contribution in [0.5, 0.6) is 0 Å². The van der Waals surface area contributed by atoms with Gasteiger partial charge in [-0.1, -0.05) is 0 Å². The number of hydrogen-bond donors (Lipinski definition) is 0. The minimum absolute atomic E-state index is 0.0345. The fraction of sp³-hybridized carbons (Fsp3) is 0. The van der Waals surface area contributed by atoms with E-state index in [9.17, 15) is 10.1 Å². The first-order chi connectivity index (χ1) is 6.74. The molecular weight excluding hydrogens is 188 g/mol. The van der Waals surface area contributed by atoms with Crippen LogP contribution in [-0.4, -0.2) is 4.92 Å². The molecular formula is C6H4N6O2. The third kappa shape index (κ3) is 2.54. The molecule has 0 spiro atoms. The molecule has 8 heteroatoms. The molecule has 1 aromatic carbocycles. The summed E-state index contributed by atoms with van der Waals surface area (Å²) in [7, 11) is 0. The Kier molecular flexibility index (Phi) is 3.11. The molecule has 0 bridgehead atoms. The van der Waals surface area contributed by atoms with Gasteiger partial charge in [0, 0.05) is 12.1 Å². The molecule has 0 aliphatic carbocycles. The molecule has 0 aromatic heterocycles. The van der Waals surface area contributed by atoms with Gasteiger partial charge in [0.15, 0.2) is 0 Å². The van der Waals surface area contributed by atoms with Crippen molar-refractivity contribution in [1.82, 2.24) is 0 Å². The minimum atomic E-state index is -0.519. The molecule has 1 aromatic rings. The average molecular weight is 192 g/mol. The molecule has 0 atom stereocenters. The summed E-state index contributed by atoms with van der Waals surface area (Å²) in [6.07, 6.45) is 0. The van der Waals surface area contributed by atoms with E-state index in [1.165, 1.54) is 24.3 Å². The van der Waals surface area contributed by atoms with Crippen LogP contribution in [0.15, 0.2) is 39.8 Å². The Labute approximate surface area is 77.6 Å². The van der Waals surface area contributed by atoms with Gasteiger partial charge in [0.1, 0.15) is 10.9 Å². The van der Waals surface area contributed by atoms with Crippen LogP contribution in [0.4, 0.5) is 11.4 Å². The van der Waals surface area contributed by atoms with Gasteiger partial charge >= 0.3 is 0 Å². The maximum atomic E-state index is 10.3. The van der Waals surface area contributed by atoms with Crippen LogP contribution in [0, 0.1) is 10.1 Å². The number of nitro groups is 1. The number of rotatable bonds is 3. The SMILES string of the molecule is [N-]=[N+]=NN=Nc1ccc([N+](=O)[O-])cc1. The lowest BCUT2D eigenvalue weighted by Crippen LogP contribution is -1.85. The molecule has 0 aliphatic heterocycles. The van der Waals surface area contributed by atoms with Crippen LogP contribution in [-0.2, 0) is 0 Å². The van der Waals surface area contributed by atoms with E-state index in [-0.39, 0.29) is 5.69 Å². The maximum absolute atomic E-state index is 10.3. The van der Waals surface area contributed by atoms with Crippen LogP contribution >= 0.6 is 0 Å². The fourth-order valence-corrected chi connectivity index (χ4v) is 0.731. The van der Waals surface area contributed by atoms with Gasteiger partial charge in [-0.2, -0.15) is 4.91 Å². The van der Waals surface area contributed by atoms with Gasteiger partial charge in [0.05, 0.1) is 10.1 Å². The largest absolute Gasteiger partial charge is 0.269 e. The van der Waals surface area contributed by atoms with Crippen LogP contribution in [0.2, 0.25) is 0 Å². The number of nitrogens with zero attached hydrogens (tertiary/aromatic N) is 6. The number of nitro benzene ring substituents is 1. The molecule has 14 heavy (non-hydrogen) atoms. The molecule has 1 rings (SSSR count). The third-order valence-corrected chi connectivity index (χ3v) is 1.30. The van der Waals surface area contributed by atoms with Crippen LogP contribution in [0.1, 0.15) is 0 Å². The van der Waals surface area contributed by atoms with Gasteiger partial charge < -0.3 is 0 Å². The zero-order chi connectivity index (χ0) is 10.4. The second kappa shape index (κ2) is 4.53. The highest BCUT2D eigenvalue weighted by molar-refractivity contribution is 5.43. The number of hydrogen-bond acceptors (Lipinski definition) is 3. The Morgan fingerprint density at radius 2 is 2.00 bits per heavy atom. The Hall–Kier alpha value is -2.47. The van der Waals surface area contributed by atoms with Crippen molar-refractivity contribution >= 4 is 11.4 Å². The maximum Gasteiger partial charge on any atom is 0.269 e. The third-order valence-electron chi connectivity index (χ3n) is 1.30. The van der Waals surface area contributed by atoms with E-state index in [2.05, 4.69) is 20.5 Å². The lowest BCUT2D eigenvalue weighted by Gasteiger charge is -1.89. The predicted molar refractivity (Wildman–Crippen MR) is 46.8 cm³/mol. The summed E-state index contributed by atoms with van der Waals surface area (Å²) in [6.45, 7) is 0. The van der Waals surface area contributed by atoms with Gasteiger partial charge in [0.25, 0.3) is 5.69 Å². The lowest BCUT2D eigenvalue weighted by molar-refractivity contribution is -0.384. The van der Waals surface area contributed by atoms with E-state index < -0.39 is 4.92 Å². The van der Waals surface area contributed by atoms with Gasteiger partial charge in [0.2, 0.25) is 0 Å². The van der Waals surface area contributed by atoms with E-state index in [1.807, 2.05) is 0 Å². The normalized spacial score (nSPS) is 9.71. The van der Waals surface area contributed by atoms with Gasteiger partial charge in [-0.15, -0.1) is 5.53 Å². The van der Waals surface area contributed by atoms with Crippen molar-refractivity contribution < 1.29 is 4.92 Å². The Morgan fingerprint density at radius 3 is 2.50 bits per heavy atom. The van der Waals surface area contributed by atoms with Crippen LogP contribution < -0.4 is 0 Å². The lowest BCUT2D eigenvalue weighted by atomic mass is 10.3. The summed E-state index contributed by atoms with van der Waals surface area (Å²) in [5.74, 6) is 0. The molecule has 70 valence electrons. The number of benzene rings is 1. The summed E-state index contributed by atoms with van der Waals surface area (Å²) in [4.78, 5) is 12.1. The van der Waals surface area contributed by atoms with E-state index in [0.717, 1.165) is 0 Å². The minimum Gasteiger partial charge on any atom is -0.258 e. The van der Waals surface area contributed by atoms with Crippen molar-refractivity contribution in [2.24, 2.45) is 15.6 Å². The zero-order valence-corrected chi connectivity index (χ0v) is 6.81. The molecule has 0 radical (unpaired) electrons. The van der Waals surface area contributed by atoms with E-state index in [4.69, 9.17) is 5.53 Å². The van der Waals surface area contributed by atoms with E-state index >= 15 is 0 Å². The first kappa shape index (κ1) is 9.62. The van der Waals surface area contributed by atoms with E-state index in [0.29, 0.717) is 5.69 Å². The molecule has 8 nitrogen and oxygen atoms in total. The first-order valence-electron chi connectivity index (χ1n) is 3.43. The van der Waals surface area contributed by atoms with Gasteiger partial charge in [-0.05, 0) is 17.2 Å². The highest BCUT2D eigenvalue weighted by Crippen LogP contribution is 2.17. The Morgan fingerprint density at radius 1 is 1.36 bits per heavy atom. The topological polar surface area (TPSA) is 117 Å².